The monoisotopic (exact) mass is 356 g/mol. The van der Waals surface area contributed by atoms with Crippen LogP contribution in [-0.4, -0.2) is 52.7 Å². The second kappa shape index (κ2) is 8.94. The molecule has 0 saturated heterocycles. The van der Waals surface area contributed by atoms with Gasteiger partial charge in [-0.1, -0.05) is 23.7 Å². The summed E-state index contributed by atoms with van der Waals surface area (Å²) < 4.78 is 1.91. The molecule has 0 spiro atoms. The van der Waals surface area contributed by atoms with Crippen LogP contribution in [0.1, 0.15) is 17.3 Å². The van der Waals surface area contributed by atoms with E-state index >= 15 is 0 Å². The lowest BCUT2D eigenvalue weighted by atomic mass is 10.1. The molecule has 25 heavy (non-hydrogen) atoms. The number of thioether (sulfide) groups is 1. The summed E-state index contributed by atoms with van der Waals surface area (Å²) in [6, 6.07) is 7.25. The molecular formula is C18H20N4O2S. The lowest BCUT2D eigenvalue weighted by Crippen LogP contribution is -2.39. The number of imidazole rings is 1. The highest BCUT2D eigenvalue weighted by Crippen LogP contribution is 2.19. The molecule has 0 atom stereocenters. The van der Waals surface area contributed by atoms with E-state index in [1.54, 1.807) is 32.3 Å². The van der Waals surface area contributed by atoms with Crippen LogP contribution in [0.4, 0.5) is 0 Å². The summed E-state index contributed by atoms with van der Waals surface area (Å²) >= 11 is 1.53. The van der Waals surface area contributed by atoms with Crippen molar-refractivity contribution in [2.24, 2.45) is 0 Å². The highest BCUT2D eigenvalue weighted by atomic mass is 32.2. The van der Waals surface area contributed by atoms with Crippen LogP contribution in [0, 0.1) is 11.8 Å². The molecule has 0 unspecified atom stereocenters. The average Bonchev–Trinajstić information content (AvgIpc) is 3.13. The van der Waals surface area contributed by atoms with Gasteiger partial charge in [0.25, 0.3) is 5.91 Å². The fourth-order valence-corrected chi connectivity index (χ4v) is 2.76. The molecule has 1 aromatic carbocycles. The minimum absolute atomic E-state index is 0.0324. The number of nitrogens with zero attached hydrogens (tertiary/aromatic N) is 3. The fraction of sp³-hybridized carbons (Fsp3) is 0.278. The molecule has 2 amide bonds. The molecule has 2 aromatic rings. The van der Waals surface area contributed by atoms with Crippen molar-refractivity contribution in [3.63, 3.8) is 0 Å². The van der Waals surface area contributed by atoms with Crippen LogP contribution >= 0.6 is 11.8 Å². The second-order valence-corrected chi connectivity index (χ2v) is 5.87. The van der Waals surface area contributed by atoms with Crippen LogP contribution in [0.3, 0.4) is 0 Å². The van der Waals surface area contributed by atoms with E-state index in [1.165, 1.54) is 16.7 Å². The van der Waals surface area contributed by atoms with Crippen molar-refractivity contribution >= 4 is 23.6 Å². The summed E-state index contributed by atoms with van der Waals surface area (Å²) in [6.07, 6.45) is 5.51. The molecule has 0 aliphatic rings. The summed E-state index contributed by atoms with van der Waals surface area (Å²) in [4.78, 5) is 30.2. The Balaban J connectivity index is 2.31. The predicted octanol–water partition coefficient (Wildman–Crippen LogP) is 1.81. The molecule has 0 fully saturated rings. The largest absolute Gasteiger partial charge is 0.358 e. The molecule has 0 bridgehead atoms. The number of nitrogens with one attached hydrogen (secondary N) is 1. The Morgan fingerprint density at radius 3 is 2.88 bits per heavy atom. The van der Waals surface area contributed by atoms with E-state index in [0.29, 0.717) is 5.56 Å². The maximum absolute atomic E-state index is 12.8. The quantitative estimate of drug-likeness (QED) is 0.633. The van der Waals surface area contributed by atoms with E-state index in [-0.39, 0.29) is 24.9 Å². The Labute approximate surface area is 151 Å². The van der Waals surface area contributed by atoms with Crippen molar-refractivity contribution < 1.29 is 9.59 Å². The zero-order valence-electron chi connectivity index (χ0n) is 14.4. The minimum atomic E-state index is -0.237. The summed E-state index contributed by atoms with van der Waals surface area (Å²) in [5, 5.41) is 3.37. The van der Waals surface area contributed by atoms with Crippen molar-refractivity contribution in [3.05, 3.63) is 42.2 Å². The highest BCUT2D eigenvalue weighted by Gasteiger charge is 2.18. The van der Waals surface area contributed by atoms with Gasteiger partial charge in [0.05, 0.1) is 6.54 Å². The first-order chi connectivity index (χ1) is 12.1. The number of hydrogen-bond donors (Lipinski definition) is 1. The Morgan fingerprint density at radius 2 is 2.20 bits per heavy atom. The standard InChI is InChI=1S/C18H20N4O2S/c1-4-5-10-21(13-16(23)19-2)17(24)14-7-6-8-15(12-14)22-11-9-20-18(22)25-3/h6-9,11-12H,10,13H2,1-3H3,(H,19,23). The maximum Gasteiger partial charge on any atom is 0.255 e. The Morgan fingerprint density at radius 1 is 1.40 bits per heavy atom. The van der Waals surface area contributed by atoms with Gasteiger partial charge in [0.1, 0.15) is 6.54 Å². The number of carbonyl (C=O) groups is 2. The summed E-state index contributed by atoms with van der Waals surface area (Å²) in [7, 11) is 1.54. The summed E-state index contributed by atoms with van der Waals surface area (Å²) in [6.45, 7) is 1.87. The molecule has 0 aliphatic heterocycles. The number of hydrogen-bond acceptors (Lipinski definition) is 4. The molecule has 0 aliphatic carbocycles. The van der Waals surface area contributed by atoms with Gasteiger partial charge in [-0.25, -0.2) is 4.98 Å². The third-order valence-corrected chi connectivity index (χ3v) is 4.18. The van der Waals surface area contributed by atoms with Crippen LogP contribution in [0.5, 0.6) is 0 Å². The molecule has 0 radical (unpaired) electrons. The van der Waals surface area contributed by atoms with Crippen LogP contribution in [0.15, 0.2) is 41.8 Å². The molecule has 130 valence electrons. The van der Waals surface area contributed by atoms with Gasteiger partial charge in [0, 0.05) is 30.7 Å². The number of carbonyl (C=O) groups excluding carboxylic acids is 2. The van der Waals surface area contributed by atoms with Crippen molar-refractivity contribution in [1.82, 2.24) is 19.8 Å². The lowest BCUT2D eigenvalue weighted by molar-refractivity contribution is -0.121. The SMILES string of the molecule is CC#CCN(CC(=O)NC)C(=O)c1cccc(-n2ccnc2SC)c1. The summed E-state index contributed by atoms with van der Waals surface area (Å²) in [5.74, 6) is 5.13. The molecular weight excluding hydrogens is 336 g/mol. The van der Waals surface area contributed by atoms with E-state index < -0.39 is 0 Å². The first-order valence-electron chi connectivity index (χ1n) is 7.68. The summed E-state index contributed by atoms with van der Waals surface area (Å²) in [5.41, 5.74) is 1.34. The minimum Gasteiger partial charge on any atom is -0.358 e. The van der Waals surface area contributed by atoms with Crippen molar-refractivity contribution in [2.75, 3.05) is 26.4 Å². The highest BCUT2D eigenvalue weighted by molar-refractivity contribution is 7.98. The normalized spacial score (nSPS) is 9.88. The van der Waals surface area contributed by atoms with Gasteiger partial charge >= 0.3 is 0 Å². The van der Waals surface area contributed by atoms with E-state index in [1.807, 2.05) is 29.2 Å². The van der Waals surface area contributed by atoms with Crippen molar-refractivity contribution in [2.45, 2.75) is 12.1 Å². The molecule has 1 aromatic heterocycles. The zero-order valence-corrected chi connectivity index (χ0v) is 15.3. The van der Waals surface area contributed by atoms with Crippen LogP contribution in [-0.2, 0) is 4.79 Å². The van der Waals surface area contributed by atoms with Gasteiger partial charge in [-0.2, -0.15) is 0 Å². The third kappa shape index (κ3) is 4.64. The van der Waals surface area contributed by atoms with Gasteiger partial charge < -0.3 is 10.2 Å². The molecule has 7 heteroatoms. The smallest absolute Gasteiger partial charge is 0.255 e. The average molecular weight is 356 g/mol. The first-order valence-corrected chi connectivity index (χ1v) is 8.90. The molecule has 2 rings (SSSR count). The number of benzene rings is 1. The molecule has 1 heterocycles. The second-order valence-electron chi connectivity index (χ2n) is 5.10. The van der Waals surface area contributed by atoms with Crippen LogP contribution < -0.4 is 5.32 Å². The number of amides is 2. The lowest BCUT2D eigenvalue weighted by Gasteiger charge is -2.20. The fourth-order valence-electron chi connectivity index (χ4n) is 2.24. The van der Waals surface area contributed by atoms with Gasteiger partial charge in [0.15, 0.2) is 5.16 Å². The van der Waals surface area contributed by atoms with E-state index in [0.717, 1.165) is 10.8 Å². The number of rotatable bonds is 6. The first kappa shape index (κ1) is 18.6. The van der Waals surface area contributed by atoms with Crippen molar-refractivity contribution in [3.8, 4) is 17.5 Å². The van der Waals surface area contributed by atoms with Crippen LogP contribution in [0.25, 0.3) is 5.69 Å². The van der Waals surface area contributed by atoms with Gasteiger partial charge in [-0.3, -0.25) is 14.2 Å². The van der Waals surface area contributed by atoms with E-state index in [9.17, 15) is 9.59 Å². The molecule has 1 N–H and O–H groups in total. The number of likely N-dealkylation sites (N-methyl/N-ethyl adjacent to an activating group) is 1. The topological polar surface area (TPSA) is 67.2 Å². The predicted molar refractivity (Wildman–Crippen MR) is 98.8 cm³/mol. The van der Waals surface area contributed by atoms with E-state index in [2.05, 4.69) is 22.1 Å². The van der Waals surface area contributed by atoms with Gasteiger partial charge in [0.2, 0.25) is 5.91 Å². The molecule has 6 nitrogen and oxygen atoms in total. The van der Waals surface area contributed by atoms with Crippen LogP contribution in [0.2, 0.25) is 0 Å². The Bertz CT molecular complexity index is 820. The molecule has 0 saturated carbocycles. The maximum atomic E-state index is 12.8. The Hall–Kier alpha value is -2.72. The Kier molecular flexibility index (Phi) is 6.66. The van der Waals surface area contributed by atoms with Crippen molar-refractivity contribution in [1.29, 1.82) is 0 Å². The zero-order chi connectivity index (χ0) is 18.2. The van der Waals surface area contributed by atoms with Gasteiger partial charge in [-0.05, 0) is 31.4 Å². The van der Waals surface area contributed by atoms with Gasteiger partial charge in [-0.15, -0.1) is 5.92 Å². The van der Waals surface area contributed by atoms with E-state index in [4.69, 9.17) is 0 Å². The number of aromatic nitrogens is 2. The third-order valence-electron chi connectivity index (χ3n) is 3.51.